The van der Waals surface area contributed by atoms with E-state index in [0.29, 0.717) is 11.3 Å². The average molecular weight is 548 g/mol. The maximum absolute atomic E-state index is 14.1. The lowest BCUT2D eigenvalue weighted by Gasteiger charge is -2.30. The predicted molar refractivity (Wildman–Crippen MR) is 161 cm³/mol. The van der Waals surface area contributed by atoms with Crippen molar-refractivity contribution < 1.29 is 19.1 Å². The van der Waals surface area contributed by atoms with Crippen LogP contribution in [0.2, 0.25) is 0 Å². The number of alkyl carbamates (subject to hydrolysis) is 1. The summed E-state index contributed by atoms with van der Waals surface area (Å²) in [6.07, 6.45) is 5.29. The summed E-state index contributed by atoms with van der Waals surface area (Å²) in [5, 5.41) is 7.58. The lowest BCUT2D eigenvalue weighted by molar-refractivity contribution is -0.136. The van der Waals surface area contributed by atoms with Crippen molar-refractivity contribution in [2.24, 2.45) is 0 Å². The second kappa shape index (κ2) is 12.8. The van der Waals surface area contributed by atoms with E-state index in [1.165, 1.54) is 0 Å². The van der Waals surface area contributed by atoms with Crippen LogP contribution in [0.1, 0.15) is 37.9 Å². The van der Waals surface area contributed by atoms with Crippen molar-refractivity contribution in [2.45, 2.75) is 44.9 Å². The molecule has 208 valence electrons. The molecule has 2 atom stereocenters. The number of ether oxygens (including phenoxy) is 1. The number of nitrogens with one attached hydrogen (secondary N) is 2. The first-order valence-electron chi connectivity index (χ1n) is 13.3. The van der Waals surface area contributed by atoms with Crippen molar-refractivity contribution in [3.63, 3.8) is 0 Å². The van der Waals surface area contributed by atoms with Crippen LogP contribution in [0.3, 0.4) is 0 Å². The summed E-state index contributed by atoms with van der Waals surface area (Å²) in [5.74, 6) is -1.11. The summed E-state index contributed by atoms with van der Waals surface area (Å²) in [5.41, 5.74) is 1.11. The number of nitrogens with zero attached hydrogens (tertiary/aromatic N) is 1. The average Bonchev–Trinajstić information content (AvgIpc) is 2.95. The normalized spacial score (nSPS) is 12.4. The van der Waals surface area contributed by atoms with Crippen LogP contribution < -0.4 is 10.6 Å². The standard InChI is InChI=1S/C34H33N3O4/c1-5-37(32(39)29(22-24-14-8-6-9-15-24)36-33(40)41-34(2,3)4)30(26-17-10-7-11-18-26)31(38)35-28-21-20-25-16-12-13-19-27(25)23-28/h1,6-21,23,29-30H,22H2,2-4H3,(H,35,38)(H,36,40). The van der Waals surface area contributed by atoms with Gasteiger partial charge in [0, 0.05) is 18.2 Å². The van der Waals surface area contributed by atoms with Gasteiger partial charge in [0.15, 0.2) is 0 Å². The minimum absolute atomic E-state index is 0.144. The van der Waals surface area contributed by atoms with Gasteiger partial charge in [-0.05, 0) is 54.8 Å². The zero-order valence-corrected chi connectivity index (χ0v) is 23.3. The van der Waals surface area contributed by atoms with Crippen molar-refractivity contribution in [3.8, 4) is 12.5 Å². The lowest BCUT2D eigenvalue weighted by Crippen LogP contribution is -2.51. The molecule has 7 heteroatoms. The number of rotatable bonds is 8. The largest absolute Gasteiger partial charge is 0.444 e. The quantitative estimate of drug-likeness (QED) is 0.207. The molecule has 0 saturated heterocycles. The molecule has 0 radical (unpaired) electrons. The smallest absolute Gasteiger partial charge is 0.408 e. The van der Waals surface area contributed by atoms with Crippen LogP contribution >= 0.6 is 0 Å². The van der Waals surface area contributed by atoms with Gasteiger partial charge in [0.05, 0.1) is 0 Å². The van der Waals surface area contributed by atoms with Crippen molar-refractivity contribution in [1.82, 2.24) is 10.2 Å². The number of anilines is 1. The molecule has 2 unspecified atom stereocenters. The van der Waals surface area contributed by atoms with Gasteiger partial charge in [-0.25, -0.2) is 4.79 Å². The van der Waals surface area contributed by atoms with E-state index in [-0.39, 0.29) is 6.42 Å². The van der Waals surface area contributed by atoms with E-state index < -0.39 is 35.6 Å². The van der Waals surface area contributed by atoms with Gasteiger partial charge in [-0.2, -0.15) is 0 Å². The van der Waals surface area contributed by atoms with Gasteiger partial charge < -0.3 is 15.4 Å². The summed E-state index contributed by atoms with van der Waals surface area (Å²) >= 11 is 0. The Labute approximate surface area is 240 Å². The maximum Gasteiger partial charge on any atom is 0.408 e. The molecule has 0 fully saturated rings. The summed E-state index contributed by atoms with van der Waals surface area (Å²) in [7, 11) is 0. The summed E-state index contributed by atoms with van der Waals surface area (Å²) in [4.78, 5) is 41.7. The Morgan fingerprint density at radius 1 is 0.854 bits per heavy atom. The molecule has 0 aromatic heterocycles. The monoisotopic (exact) mass is 547 g/mol. The van der Waals surface area contributed by atoms with Gasteiger partial charge in [0.2, 0.25) is 0 Å². The number of carbonyl (C=O) groups is 3. The van der Waals surface area contributed by atoms with Crippen molar-refractivity contribution >= 4 is 34.4 Å². The Kier molecular flexibility index (Phi) is 9.05. The highest BCUT2D eigenvalue weighted by molar-refractivity contribution is 6.01. The molecule has 4 aromatic carbocycles. The van der Waals surface area contributed by atoms with Crippen molar-refractivity contribution in [1.29, 1.82) is 0 Å². The fourth-order valence-corrected chi connectivity index (χ4v) is 4.46. The molecule has 4 rings (SSSR count). The molecule has 0 aliphatic rings. The zero-order valence-electron chi connectivity index (χ0n) is 23.3. The van der Waals surface area contributed by atoms with Crippen LogP contribution in [0.4, 0.5) is 10.5 Å². The number of benzene rings is 4. The zero-order chi connectivity index (χ0) is 29.4. The van der Waals surface area contributed by atoms with Gasteiger partial charge in [-0.1, -0.05) is 97.4 Å². The van der Waals surface area contributed by atoms with E-state index in [0.717, 1.165) is 21.2 Å². The molecule has 0 aliphatic carbocycles. The van der Waals surface area contributed by atoms with Gasteiger partial charge in [-0.3, -0.25) is 14.5 Å². The minimum Gasteiger partial charge on any atom is -0.444 e. The van der Waals surface area contributed by atoms with Crippen molar-refractivity contribution in [2.75, 3.05) is 5.32 Å². The third-order valence-corrected chi connectivity index (χ3v) is 6.29. The number of hydrogen-bond acceptors (Lipinski definition) is 4. The third kappa shape index (κ3) is 7.74. The van der Waals surface area contributed by atoms with Crippen LogP contribution in [0.25, 0.3) is 10.8 Å². The van der Waals surface area contributed by atoms with Gasteiger partial charge in [-0.15, -0.1) is 0 Å². The van der Waals surface area contributed by atoms with Crippen LogP contribution in [0.15, 0.2) is 103 Å². The topological polar surface area (TPSA) is 87.7 Å². The summed E-state index contributed by atoms with van der Waals surface area (Å²) < 4.78 is 5.42. The van der Waals surface area contributed by atoms with E-state index in [1.807, 2.05) is 72.8 Å². The van der Waals surface area contributed by atoms with Crippen LogP contribution in [0, 0.1) is 12.5 Å². The molecular weight excluding hydrogens is 514 g/mol. The highest BCUT2D eigenvalue weighted by Crippen LogP contribution is 2.26. The Morgan fingerprint density at radius 3 is 2.10 bits per heavy atom. The molecule has 3 amide bonds. The van der Waals surface area contributed by atoms with E-state index in [9.17, 15) is 14.4 Å². The first-order valence-corrected chi connectivity index (χ1v) is 13.3. The molecule has 4 aromatic rings. The molecule has 7 nitrogen and oxygen atoms in total. The SMILES string of the molecule is C#CN(C(=O)C(Cc1ccccc1)NC(=O)OC(C)(C)C)C(C(=O)Nc1ccc2ccccc2c1)c1ccccc1. The van der Waals surface area contributed by atoms with Crippen molar-refractivity contribution in [3.05, 3.63) is 114 Å². The van der Waals surface area contributed by atoms with E-state index >= 15 is 0 Å². The lowest BCUT2D eigenvalue weighted by atomic mass is 10.0. The molecule has 2 N–H and O–H groups in total. The molecule has 0 aliphatic heterocycles. The second-order valence-corrected chi connectivity index (χ2v) is 10.6. The molecule has 0 heterocycles. The van der Waals surface area contributed by atoms with Crippen LogP contribution in [-0.2, 0) is 20.7 Å². The highest BCUT2D eigenvalue weighted by atomic mass is 16.6. The Hall–Kier alpha value is -5.09. The summed E-state index contributed by atoms with van der Waals surface area (Å²) in [6.45, 7) is 5.20. The molecule has 0 spiro atoms. The number of fused-ring (bicyclic) bond motifs is 1. The second-order valence-electron chi connectivity index (χ2n) is 10.6. The third-order valence-electron chi connectivity index (χ3n) is 6.29. The number of terminal acetylenes is 1. The Bertz CT molecular complexity index is 1560. The fourth-order valence-electron chi connectivity index (χ4n) is 4.46. The van der Waals surface area contributed by atoms with E-state index in [1.54, 1.807) is 51.1 Å². The number of amides is 3. The Morgan fingerprint density at radius 2 is 1.46 bits per heavy atom. The summed E-state index contributed by atoms with van der Waals surface area (Å²) in [6, 6.07) is 31.6. The van der Waals surface area contributed by atoms with Crippen LogP contribution in [-0.4, -0.2) is 34.5 Å². The van der Waals surface area contributed by atoms with E-state index in [4.69, 9.17) is 11.2 Å². The maximum atomic E-state index is 14.1. The molecular formula is C34H33N3O4. The van der Waals surface area contributed by atoms with Gasteiger partial charge in [0.1, 0.15) is 17.7 Å². The van der Waals surface area contributed by atoms with E-state index in [2.05, 4.69) is 16.7 Å². The number of carbonyl (C=O) groups excluding carboxylic acids is 3. The fraction of sp³-hybridized carbons (Fsp3) is 0.206. The molecule has 0 saturated carbocycles. The molecule has 41 heavy (non-hydrogen) atoms. The first-order chi connectivity index (χ1) is 19.6. The predicted octanol–water partition coefficient (Wildman–Crippen LogP) is 6.07. The first kappa shape index (κ1) is 28.9. The Balaban J connectivity index is 1.67. The number of hydrogen-bond donors (Lipinski definition) is 2. The van der Waals surface area contributed by atoms with Gasteiger partial charge >= 0.3 is 6.09 Å². The highest BCUT2D eigenvalue weighted by Gasteiger charge is 2.36. The van der Waals surface area contributed by atoms with Gasteiger partial charge in [0.25, 0.3) is 11.8 Å². The minimum atomic E-state index is -1.17. The molecule has 0 bridgehead atoms. The van der Waals surface area contributed by atoms with Crippen LogP contribution in [0.5, 0.6) is 0 Å².